The second-order valence-corrected chi connectivity index (χ2v) is 12.9. The van der Waals surface area contributed by atoms with E-state index in [0.29, 0.717) is 56.5 Å². The van der Waals surface area contributed by atoms with Crippen molar-refractivity contribution in [2.75, 3.05) is 6.61 Å². The molecule has 34 heavy (non-hydrogen) atoms. The molecule has 0 bridgehead atoms. The van der Waals surface area contributed by atoms with E-state index in [-0.39, 0.29) is 32.9 Å². The highest BCUT2D eigenvalue weighted by Gasteiger charge is 2.65. The van der Waals surface area contributed by atoms with Gasteiger partial charge in [-0.05, 0) is 86.0 Å². The number of esters is 1. The fourth-order valence-corrected chi connectivity index (χ4v) is 9.35. The predicted octanol–water partition coefficient (Wildman–Crippen LogP) is 5.63. The van der Waals surface area contributed by atoms with Crippen LogP contribution in [-0.4, -0.2) is 39.4 Å². The van der Waals surface area contributed by atoms with Crippen LogP contribution in [0.15, 0.2) is 11.6 Å². The summed E-state index contributed by atoms with van der Waals surface area (Å²) in [7, 11) is 0. The minimum absolute atomic E-state index is 0.0291. The largest absolute Gasteiger partial charge is 0.466 e. The van der Waals surface area contributed by atoms with E-state index in [1.807, 2.05) is 13.0 Å². The van der Waals surface area contributed by atoms with Gasteiger partial charge in [0.25, 0.3) is 0 Å². The molecular weight excluding hydrogens is 448 g/mol. The average molecular weight is 491 g/mol. The van der Waals surface area contributed by atoms with Crippen molar-refractivity contribution < 1.29 is 24.2 Å². The van der Waals surface area contributed by atoms with Gasteiger partial charge in [-0.15, -0.1) is 0 Å². The summed E-state index contributed by atoms with van der Waals surface area (Å²) in [5, 5.41) is 12.3. The van der Waals surface area contributed by atoms with Crippen molar-refractivity contribution in [2.24, 2.45) is 28.6 Å². The van der Waals surface area contributed by atoms with Crippen LogP contribution in [0.2, 0.25) is 0 Å². The third-order valence-corrected chi connectivity index (χ3v) is 11.5. The summed E-state index contributed by atoms with van der Waals surface area (Å²) in [5.41, 5.74) is 0.339. The fraction of sp³-hybridized carbons (Fsp3) is 0.821. The summed E-state index contributed by atoms with van der Waals surface area (Å²) in [6, 6.07) is 0. The van der Waals surface area contributed by atoms with Crippen LogP contribution in [-0.2, 0) is 19.1 Å². The molecule has 0 aromatic heterocycles. The maximum absolute atomic E-state index is 12.6. The number of allylic oxidation sites excluding steroid dienone is 1. The maximum Gasteiger partial charge on any atom is 0.305 e. The van der Waals surface area contributed by atoms with Gasteiger partial charge in [-0.2, -0.15) is 0 Å². The molecule has 0 radical (unpaired) electrons. The SMILES string of the molecule is CCC(=O)OCCCC1(O)CC[C@H]2[C@@H]3C(SC(=O)CC)CC4=CC(=O)CC[C@]4(C)[C@@H]3CC[C@@]21C. The van der Waals surface area contributed by atoms with E-state index in [0.717, 1.165) is 38.5 Å². The molecule has 6 heteroatoms. The van der Waals surface area contributed by atoms with Crippen LogP contribution in [0.25, 0.3) is 0 Å². The van der Waals surface area contributed by atoms with Crippen molar-refractivity contribution in [2.45, 2.75) is 109 Å². The van der Waals surface area contributed by atoms with Crippen LogP contribution < -0.4 is 0 Å². The van der Waals surface area contributed by atoms with Crippen LogP contribution in [0.3, 0.4) is 0 Å². The monoisotopic (exact) mass is 490 g/mol. The summed E-state index contributed by atoms with van der Waals surface area (Å²) in [5.74, 6) is 1.24. The molecule has 3 fully saturated rings. The van der Waals surface area contributed by atoms with E-state index in [1.54, 1.807) is 6.92 Å². The number of aliphatic hydroxyl groups is 1. The molecule has 1 N–H and O–H groups in total. The van der Waals surface area contributed by atoms with E-state index < -0.39 is 5.60 Å². The molecule has 4 aliphatic carbocycles. The summed E-state index contributed by atoms with van der Waals surface area (Å²) >= 11 is 1.51. The highest BCUT2D eigenvalue weighted by molar-refractivity contribution is 8.14. The lowest BCUT2D eigenvalue weighted by molar-refractivity contribution is -0.146. The predicted molar refractivity (Wildman–Crippen MR) is 134 cm³/mol. The molecule has 3 saturated carbocycles. The number of hydrogen-bond donors (Lipinski definition) is 1. The van der Waals surface area contributed by atoms with Gasteiger partial charge in [-0.3, -0.25) is 14.4 Å². The number of fused-ring (bicyclic) bond motifs is 5. The maximum atomic E-state index is 12.6. The average Bonchev–Trinajstić information content (AvgIpc) is 3.08. The van der Waals surface area contributed by atoms with Crippen LogP contribution in [0, 0.1) is 28.6 Å². The molecule has 0 aliphatic heterocycles. The van der Waals surface area contributed by atoms with E-state index >= 15 is 0 Å². The van der Waals surface area contributed by atoms with Gasteiger partial charge < -0.3 is 9.84 Å². The first-order chi connectivity index (χ1) is 16.1. The molecule has 0 spiro atoms. The van der Waals surface area contributed by atoms with Gasteiger partial charge >= 0.3 is 5.97 Å². The Kier molecular flexibility index (Phi) is 7.42. The minimum atomic E-state index is -0.759. The summed E-state index contributed by atoms with van der Waals surface area (Å²) in [6.45, 7) is 8.72. The van der Waals surface area contributed by atoms with Crippen molar-refractivity contribution >= 4 is 28.6 Å². The minimum Gasteiger partial charge on any atom is -0.466 e. The van der Waals surface area contributed by atoms with Crippen LogP contribution in [0.1, 0.15) is 98.3 Å². The number of ether oxygens (including phenoxy) is 1. The molecule has 0 aromatic rings. The second-order valence-electron chi connectivity index (χ2n) is 11.6. The Morgan fingerprint density at radius 2 is 1.85 bits per heavy atom. The first-order valence-electron chi connectivity index (χ1n) is 13.4. The molecule has 0 saturated heterocycles. The number of thioether (sulfide) groups is 1. The van der Waals surface area contributed by atoms with Gasteiger partial charge in [0.2, 0.25) is 0 Å². The van der Waals surface area contributed by atoms with Gasteiger partial charge in [0.1, 0.15) is 0 Å². The van der Waals surface area contributed by atoms with Crippen molar-refractivity contribution in [3.63, 3.8) is 0 Å². The molecule has 5 nitrogen and oxygen atoms in total. The molecule has 4 aliphatic rings. The highest BCUT2D eigenvalue weighted by Crippen LogP contribution is 2.69. The van der Waals surface area contributed by atoms with E-state index in [1.165, 1.54) is 17.3 Å². The van der Waals surface area contributed by atoms with Crippen molar-refractivity contribution in [3.8, 4) is 0 Å². The second kappa shape index (κ2) is 9.72. The molecule has 4 rings (SSSR count). The Morgan fingerprint density at radius 3 is 2.56 bits per heavy atom. The smallest absolute Gasteiger partial charge is 0.305 e. The zero-order valence-electron chi connectivity index (χ0n) is 21.4. The summed E-state index contributed by atoms with van der Waals surface area (Å²) in [4.78, 5) is 36.4. The fourth-order valence-electron chi connectivity index (χ4n) is 8.05. The molecule has 0 heterocycles. The van der Waals surface area contributed by atoms with Crippen molar-refractivity contribution in [3.05, 3.63) is 11.6 Å². The molecule has 2 unspecified atom stereocenters. The van der Waals surface area contributed by atoms with Gasteiger partial charge in [-0.25, -0.2) is 0 Å². The Morgan fingerprint density at radius 1 is 1.12 bits per heavy atom. The van der Waals surface area contributed by atoms with Crippen molar-refractivity contribution in [1.82, 2.24) is 0 Å². The Labute approximate surface area is 208 Å². The number of ketones is 1. The molecule has 0 amide bonds. The zero-order chi connectivity index (χ0) is 24.7. The van der Waals surface area contributed by atoms with Gasteiger partial charge in [0.15, 0.2) is 10.9 Å². The van der Waals surface area contributed by atoms with Gasteiger partial charge in [-0.1, -0.05) is 45.0 Å². The number of rotatable bonds is 7. The third kappa shape index (κ3) is 4.31. The number of carbonyl (C=O) groups excluding carboxylic acids is 3. The van der Waals surface area contributed by atoms with Crippen LogP contribution >= 0.6 is 11.8 Å². The lowest BCUT2D eigenvalue weighted by Gasteiger charge is -2.61. The molecular formula is C28H42O5S. The van der Waals surface area contributed by atoms with Crippen LogP contribution in [0.4, 0.5) is 0 Å². The number of carbonyl (C=O) groups is 3. The summed E-state index contributed by atoms with van der Waals surface area (Å²) in [6.07, 6.45) is 10.2. The van der Waals surface area contributed by atoms with Gasteiger partial charge in [0.05, 0.1) is 12.2 Å². The van der Waals surface area contributed by atoms with Crippen molar-refractivity contribution in [1.29, 1.82) is 0 Å². The highest BCUT2D eigenvalue weighted by atomic mass is 32.2. The quantitative estimate of drug-likeness (QED) is 0.368. The standard InChI is InChI=1S/C28H42O5S/c1-5-23(30)33-15-7-11-28(32)14-10-21-25-20(9-13-27(21,28)4)26(3)12-8-19(29)16-18(26)17-22(25)34-24(31)6-2/h16,20-22,25,32H,5-15,17H2,1-4H3/t20-,21+,22?,25-,26+,27+,28?/m1/s1. The third-order valence-electron chi connectivity index (χ3n) is 10.1. The zero-order valence-corrected chi connectivity index (χ0v) is 22.2. The molecule has 7 atom stereocenters. The lowest BCUT2D eigenvalue weighted by atomic mass is 9.46. The Hall–Kier alpha value is -1.14. The number of hydrogen-bond acceptors (Lipinski definition) is 6. The Balaban J connectivity index is 1.59. The molecule has 190 valence electrons. The lowest BCUT2D eigenvalue weighted by Crippen LogP contribution is -2.57. The first-order valence-corrected chi connectivity index (χ1v) is 14.3. The first kappa shape index (κ1) is 25.9. The van der Waals surface area contributed by atoms with Crippen LogP contribution in [0.5, 0.6) is 0 Å². The normalized spacial score (nSPS) is 41.2. The van der Waals surface area contributed by atoms with E-state index in [9.17, 15) is 19.5 Å². The van der Waals surface area contributed by atoms with E-state index in [4.69, 9.17) is 4.74 Å². The molecule has 0 aromatic carbocycles. The van der Waals surface area contributed by atoms with E-state index in [2.05, 4.69) is 13.8 Å². The Bertz CT molecular complexity index is 867. The van der Waals surface area contributed by atoms with Gasteiger partial charge in [0, 0.05) is 24.5 Å². The summed E-state index contributed by atoms with van der Waals surface area (Å²) < 4.78 is 5.28. The topological polar surface area (TPSA) is 80.7 Å².